The van der Waals surface area contributed by atoms with Crippen molar-refractivity contribution in [1.82, 2.24) is 9.80 Å². The Labute approximate surface area is 143 Å². The Balaban J connectivity index is 1.42. The van der Waals surface area contributed by atoms with Gasteiger partial charge in [-0.15, -0.1) is 0 Å². The maximum absolute atomic E-state index is 5.99. The van der Waals surface area contributed by atoms with Crippen LogP contribution in [0.2, 0.25) is 5.02 Å². The van der Waals surface area contributed by atoms with E-state index in [1.807, 2.05) is 12.1 Å². The Bertz CT molecular complexity index is 532. The summed E-state index contributed by atoms with van der Waals surface area (Å²) >= 11 is 5.99. The summed E-state index contributed by atoms with van der Waals surface area (Å²) < 4.78 is 11.4. The van der Waals surface area contributed by atoms with Gasteiger partial charge in [0.15, 0.2) is 0 Å². The van der Waals surface area contributed by atoms with Gasteiger partial charge in [0, 0.05) is 55.6 Å². The zero-order valence-corrected chi connectivity index (χ0v) is 14.3. The van der Waals surface area contributed by atoms with Crippen LogP contribution in [0.15, 0.2) is 24.3 Å². The number of ether oxygens (including phenoxy) is 2. The fourth-order valence-electron chi connectivity index (χ4n) is 4.34. The Morgan fingerprint density at radius 3 is 2.65 bits per heavy atom. The number of fused-ring (bicyclic) bond motifs is 1. The van der Waals surface area contributed by atoms with Gasteiger partial charge in [0.25, 0.3) is 0 Å². The molecule has 0 saturated carbocycles. The van der Waals surface area contributed by atoms with Crippen molar-refractivity contribution in [2.45, 2.75) is 6.54 Å². The number of morpholine rings is 1. The van der Waals surface area contributed by atoms with Crippen molar-refractivity contribution in [3.8, 4) is 0 Å². The molecule has 0 radical (unpaired) electrons. The van der Waals surface area contributed by atoms with E-state index in [0.29, 0.717) is 11.3 Å². The molecule has 4 nitrogen and oxygen atoms in total. The van der Waals surface area contributed by atoms with E-state index in [1.165, 1.54) is 5.56 Å². The minimum atomic E-state index is 0.309. The quantitative estimate of drug-likeness (QED) is 0.841. The van der Waals surface area contributed by atoms with Crippen LogP contribution in [0, 0.1) is 11.3 Å². The summed E-state index contributed by atoms with van der Waals surface area (Å²) in [6.07, 6.45) is 0. The number of halogens is 1. The van der Waals surface area contributed by atoms with Crippen molar-refractivity contribution in [3.05, 3.63) is 34.9 Å². The highest BCUT2D eigenvalue weighted by molar-refractivity contribution is 6.30. The first-order valence-corrected chi connectivity index (χ1v) is 8.96. The van der Waals surface area contributed by atoms with Crippen LogP contribution in [0.3, 0.4) is 0 Å². The molecule has 3 heterocycles. The van der Waals surface area contributed by atoms with Gasteiger partial charge >= 0.3 is 0 Å². The highest BCUT2D eigenvalue weighted by atomic mass is 35.5. The molecule has 3 fully saturated rings. The standard InChI is InChI=1S/C18H25ClN2O2/c19-17-3-1-15(2-4-17)9-21-10-16-11-23-14-18(16,13-21)12-20-5-7-22-8-6-20/h1-4,16H,5-14H2/t16-,18+/m0/s1. The maximum atomic E-state index is 5.99. The second kappa shape index (κ2) is 6.69. The van der Waals surface area contributed by atoms with E-state index in [4.69, 9.17) is 21.1 Å². The zero-order chi connectivity index (χ0) is 15.7. The van der Waals surface area contributed by atoms with Gasteiger partial charge in [-0.1, -0.05) is 23.7 Å². The molecule has 0 amide bonds. The van der Waals surface area contributed by atoms with Crippen LogP contribution in [0.5, 0.6) is 0 Å². The fraction of sp³-hybridized carbons (Fsp3) is 0.667. The summed E-state index contributed by atoms with van der Waals surface area (Å²) in [7, 11) is 0. The molecule has 3 aliphatic heterocycles. The predicted octanol–water partition coefficient (Wildman–Crippen LogP) is 2.12. The minimum Gasteiger partial charge on any atom is -0.380 e. The van der Waals surface area contributed by atoms with Crippen molar-refractivity contribution >= 4 is 11.6 Å². The van der Waals surface area contributed by atoms with E-state index in [9.17, 15) is 0 Å². The highest BCUT2D eigenvalue weighted by Gasteiger charge is 2.51. The molecule has 0 unspecified atom stereocenters. The van der Waals surface area contributed by atoms with Crippen LogP contribution < -0.4 is 0 Å². The van der Waals surface area contributed by atoms with Crippen LogP contribution >= 0.6 is 11.6 Å². The number of hydrogen-bond donors (Lipinski definition) is 0. The molecule has 126 valence electrons. The third-order valence-corrected chi connectivity index (χ3v) is 5.81. The van der Waals surface area contributed by atoms with Gasteiger partial charge in [-0.3, -0.25) is 9.80 Å². The van der Waals surface area contributed by atoms with Crippen molar-refractivity contribution in [1.29, 1.82) is 0 Å². The lowest BCUT2D eigenvalue weighted by Crippen LogP contribution is -2.47. The average molecular weight is 337 g/mol. The topological polar surface area (TPSA) is 24.9 Å². The smallest absolute Gasteiger partial charge is 0.0594 e. The SMILES string of the molecule is Clc1ccc(CN2C[C@H]3COC[C@@]3(CN3CCOCC3)C2)cc1. The van der Waals surface area contributed by atoms with Gasteiger partial charge in [0.2, 0.25) is 0 Å². The second-order valence-corrected chi connectivity index (χ2v) is 7.70. The van der Waals surface area contributed by atoms with Crippen LogP contribution in [-0.4, -0.2) is 69.0 Å². The number of benzene rings is 1. The third-order valence-electron chi connectivity index (χ3n) is 5.55. The molecule has 1 aromatic carbocycles. The van der Waals surface area contributed by atoms with Gasteiger partial charge in [-0.2, -0.15) is 0 Å². The second-order valence-electron chi connectivity index (χ2n) is 7.26. The minimum absolute atomic E-state index is 0.309. The van der Waals surface area contributed by atoms with Gasteiger partial charge in [-0.25, -0.2) is 0 Å². The lowest BCUT2D eigenvalue weighted by molar-refractivity contribution is 0.0102. The van der Waals surface area contributed by atoms with Crippen molar-refractivity contribution in [3.63, 3.8) is 0 Å². The number of nitrogens with zero attached hydrogens (tertiary/aromatic N) is 2. The Kier molecular flexibility index (Phi) is 4.61. The Hall–Kier alpha value is -0.650. The Morgan fingerprint density at radius 2 is 1.87 bits per heavy atom. The first kappa shape index (κ1) is 15.9. The zero-order valence-electron chi connectivity index (χ0n) is 13.5. The monoisotopic (exact) mass is 336 g/mol. The normalized spacial score (nSPS) is 32.3. The van der Waals surface area contributed by atoms with Gasteiger partial charge in [-0.05, 0) is 17.7 Å². The molecule has 0 aliphatic carbocycles. The highest BCUT2D eigenvalue weighted by Crippen LogP contribution is 2.42. The van der Waals surface area contributed by atoms with Crippen molar-refractivity contribution in [2.75, 3.05) is 59.2 Å². The fourth-order valence-corrected chi connectivity index (χ4v) is 4.47. The van der Waals surface area contributed by atoms with E-state index in [0.717, 1.165) is 70.7 Å². The molecular formula is C18H25ClN2O2. The molecule has 0 bridgehead atoms. The largest absolute Gasteiger partial charge is 0.380 e. The Morgan fingerprint density at radius 1 is 1.09 bits per heavy atom. The molecule has 1 aromatic rings. The number of rotatable bonds is 4. The van der Waals surface area contributed by atoms with Crippen molar-refractivity contribution < 1.29 is 9.47 Å². The summed E-state index contributed by atoms with van der Waals surface area (Å²) in [6, 6.07) is 8.25. The summed E-state index contributed by atoms with van der Waals surface area (Å²) in [5.41, 5.74) is 1.65. The molecule has 0 spiro atoms. The molecule has 2 atom stereocenters. The maximum Gasteiger partial charge on any atom is 0.0594 e. The summed E-state index contributed by atoms with van der Waals surface area (Å²) in [5, 5.41) is 0.809. The summed E-state index contributed by atoms with van der Waals surface area (Å²) in [6.45, 7) is 10.1. The van der Waals surface area contributed by atoms with Gasteiger partial charge in [0.1, 0.15) is 0 Å². The van der Waals surface area contributed by atoms with E-state index in [1.54, 1.807) is 0 Å². The van der Waals surface area contributed by atoms with E-state index in [2.05, 4.69) is 21.9 Å². The lowest BCUT2D eigenvalue weighted by Gasteiger charge is -2.36. The first-order chi connectivity index (χ1) is 11.2. The van der Waals surface area contributed by atoms with Gasteiger partial charge in [0.05, 0.1) is 26.4 Å². The molecule has 3 saturated heterocycles. The molecule has 23 heavy (non-hydrogen) atoms. The average Bonchev–Trinajstić information content (AvgIpc) is 3.07. The molecule has 0 N–H and O–H groups in total. The van der Waals surface area contributed by atoms with Crippen LogP contribution in [0.25, 0.3) is 0 Å². The van der Waals surface area contributed by atoms with Crippen molar-refractivity contribution in [2.24, 2.45) is 11.3 Å². The lowest BCUT2D eigenvalue weighted by atomic mass is 9.80. The molecule has 4 rings (SSSR count). The van der Waals surface area contributed by atoms with Gasteiger partial charge < -0.3 is 9.47 Å². The number of hydrogen-bond acceptors (Lipinski definition) is 4. The van der Waals surface area contributed by atoms with Crippen LogP contribution in [0.1, 0.15) is 5.56 Å². The molecule has 5 heteroatoms. The summed E-state index contributed by atoms with van der Waals surface area (Å²) in [5.74, 6) is 0.664. The van der Waals surface area contributed by atoms with E-state index in [-0.39, 0.29) is 0 Å². The molecular weight excluding hydrogens is 312 g/mol. The summed E-state index contributed by atoms with van der Waals surface area (Å²) in [4.78, 5) is 5.16. The van der Waals surface area contributed by atoms with E-state index < -0.39 is 0 Å². The predicted molar refractivity (Wildman–Crippen MR) is 90.7 cm³/mol. The van der Waals surface area contributed by atoms with E-state index >= 15 is 0 Å². The first-order valence-electron chi connectivity index (χ1n) is 8.58. The number of likely N-dealkylation sites (tertiary alicyclic amines) is 1. The third kappa shape index (κ3) is 3.42. The van der Waals surface area contributed by atoms with Crippen LogP contribution in [0.4, 0.5) is 0 Å². The molecule has 0 aromatic heterocycles. The molecule has 3 aliphatic rings. The van der Waals surface area contributed by atoms with Crippen LogP contribution in [-0.2, 0) is 16.0 Å².